The molecular weight excluding hydrogens is 241 g/mol. The van der Waals surface area contributed by atoms with Crippen molar-refractivity contribution in [1.82, 2.24) is 0 Å². The van der Waals surface area contributed by atoms with Gasteiger partial charge in [-0.1, -0.05) is 18.2 Å². The second-order valence-electron chi connectivity index (χ2n) is 3.93. The second kappa shape index (κ2) is 5.66. The monoisotopic (exact) mass is 251 g/mol. The summed E-state index contributed by atoms with van der Waals surface area (Å²) in [6, 6.07) is 15.1. The molecule has 0 unspecified atom stereocenters. The van der Waals surface area contributed by atoms with E-state index < -0.39 is 0 Å². The third-order valence-corrected chi connectivity index (χ3v) is 2.69. The van der Waals surface area contributed by atoms with Crippen molar-refractivity contribution in [3.05, 3.63) is 65.0 Å². The summed E-state index contributed by atoms with van der Waals surface area (Å²) in [5.41, 5.74) is 2.22. The molecular formula is C15H10FN3. The number of halogens is 1. The second-order valence-corrected chi connectivity index (χ2v) is 3.93. The van der Waals surface area contributed by atoms with Crippen LogP contribution in [0.4, 0.5) is 10.1 Å². The van der Waals surface area contributed by atoms with E-state index in [4.69, 9.17) is 10.5 Å². The topological polar surface area (TPSA) is 59.6 Å². The quantitative estimate of drug-likeness (QED) is 0.911. The lowest BCUT2D eigenvalue weighted by Gasteiger charge is -2.09. The fourth-order valence-corrected chi connectivity index (χ4v) is 1.72. The Hall–Kier alpha value is -2.85. The molecule has 0 atom stereocenters. The van der Waals surface area contributed by atoms with E-state index in [9.17, 15) is 4.39 Å². The summed E-state index contributed by atoms with van der Waals surface area (Å²) in [6.45, 7) is 0.424. The van der Waals surface area contributed by atoms with Crippen molar-refractivity contribution in [2.24, 2.45) is 0 Å². The van der Waals surface area contributed by atoms with Crippen molar-refractivity contribution in [1.29, 1.82) is 10.5 Å². The van der Waals surface area contributed by atoms with Gasteiger partial charge in [0.25, 0.3) is 0 Å². The lowest BCUT2D eigenvalue weighted by molar-refractivity contribution is 0.627. The molecule has 4 heteroatoms. The smallest absolute Gasteiger partial charge is 0.123 e. The molecule has 3 nitrogen and oxygen atoms in total. The van der Waals surface area contributed by atoms with E-state index >= 15 is 0 Å². The molecule has 0 bridgehead atoms. The van der Waals surface area contributed by atoms with Crippen molar-refractivity contribution in [2.45, 2.75) is 6.54 Å². The van der Waals surface area contributed by atoms with Gasteiger partial charge >= 0.3 is 0 Å². The first-order chi connectivity index (χ1) is 9.24. The first-order valence-electron chi connectivity index (χ1n) is 5.66. The number of para-hydroxylation sites is 1. The molecule has 2 aromatic carbocycles. The molecule has 0 saturated carbocycles. The lowest BCUT2D eigenvalue weighted by Crippen LogP contribution is -2.03. The van der Waals surface area contributed by atoms with E-state index in [-0.39, 0.29) is 5.82 Å². The maximum absolute atomic E-state index is 12.8. The van der Waals surface area contributed by atoms with Crippen LogP contribution in [-0.4, -0.2) is 0 Å². The highest BCUT2D eigenvalue weighted by Gasteiger charge is 2.07. The van der Waals surface area contributed by atoms with Crippen LogP contribution in [0.2, 0.25) is 0 Å². The molecule has 0 heterocycles. The zero-order valence-corrected chi connectivity index (χ0v) is 10.0. The number of benzene rings is 2. The van der Waals surface area contributed by atoms with Gasteiger partial charge in [0.15, 0.2) is 0 Å². The molecule has 2 aromatic rings. The zero-order chi connectivity index (χ0) is 13.7. The van der Waals surface area contributed by atoms with Gasteiger partial charge in [0, 0.05) is 6.54 Å². The maximum atomic E-state index is 12.8. The molecule has 0 aromatic heterocycles. The number of hydrogen-bond donors (Lipinski definition) is 1. The van der Waals surface area contributed by atoms with Crippen LogP contribution in [0.25, 0.3) is 0 Å². The molecule has 2 rings (SSSR count). The van der Waals surface area contributed by atoms with Crippen molar-refractivity contribution >= 4 is 5.69 Å². The highest BCUT2D eigenvalue weighted by atomic mass is 19.1. The van der Waals surface area contributed by atoms with Crippen LogP contribution in [0.15, 0.2) is 42.5 Å². The Morgan fingerprint density at radius 3 is 2.05 bits per heavy atom. The highest BCUT2D eigenvalue weighted by Crippen LogP contribution is 2.20. The summed E-state index contributed by atoms with van der Waals surface area (Å²) in [5.74, 6) is -0.293. The summed E-state index contributed by atoms with van der Waals surface area (Å²) >= 11 is 0. The number of nitriles is 2. The fraction of sp³-hybridized carbons (Fsp3) is 0.0667. The van der Waals surface area contributed by atoms with Crippen molar-refractivity contribution in [3.8, 4) is 12.1 Å². The first-order valence-corrected chi connectivity index (χ1v) is 5.66. The molecule has 0 fully saturated rings. The third-order valence-electron chi connectivity index (χ3n) is 2.69. The Kier molecular flexibility index (Phi) is 3.75. The molecule has 0 amide bonds. The summed E-state index contributed by atoms with van der Waals surface area (Å²) in [5, 5.41) is 21.1. The molecule has 0 aliphatic carbocycles. The predicted octanol–water partition coefficient (Wildman–Crippen LogP) is 3.18. The van der Waals surface area contributed by atoms with Crippen LogP contribution in [-0.2, 0) is 6.54 Å². The average molecular weight is 251 g/mol. The van der Waals surface area contributed by atoms with Gasteiger partial charge in [0.1, 0.15) is 18.0 Å². The van der Waals surface area contributed by atoms with E-state index in [1.54, 1.807) is 30.3 Å². The summed E-state index contributed by atoms with van der Waals surface area (Å²) < 4.78 is 12.8. The van der Waals surface area contributed by atoms with Gasteiger partial charge in [-0.25, -0.2) is 4.39 Å². The Morgan fingerprint density at radius 1 is 0.947 bits per heavy atom. The van der Waals surface area contributed by atoms with E-state index in [2.05, 4.69) is 5.32 Å². The van der Waals surface area contributed by atoms with Gasteiger partial charge in [-0.15, -0.1) is 0 Å². The zero-order valence-electron chi connectivity index (χ0n) is 10.0. The Labute approximate surface area is 110 Å². The van der Waals surface area contributed by atoms with E-state index in [0.29, 0.717) is 23.4 Å². The van der Waals surface area contributed by atoms with Crippen LogP contribution in [0.3, 0.4) is 0 Å². The number of rotatable bonds is 3. The minimum absolute atomic E-state index is 0.293. The molecule has 19 heavy (non-hydrogen) atoms. The van der Waals surface area contributed by atoms with E-state index in [1.165, 1.54) is 12.1 Å². The van der Waals surface area contributed by atoms with Gasteiger partial charge in [-0.2, -0.15) is 10.5 Å². The molecule has 0 spiro atoms. The van der Waals surface area contributed by atoms with Crippen LogP contribution in [0.5, 0.6) is 0 Å². The van der Waals surface area contributed by atoms with Crippen molar-refractivity contribution in [2.75, 3.05) is 5.32 Å². The van der Waals surface area contributed by atoms with Gasteiger partial charge in [0.2, 0.25) is 0 Å². The lowest BCUT2D eigenvalue weighted by atomic mass is 10.1. The minimum atomic E-state index is -0.293. The molecule has 92 valence electrons. The Bertz CT molecular complexity index is 631. The van der Waals surface area contributed by atoms with Crippen LogP contribution in [0.1, 0.15) is 16.7 Å². The van der Waals surface area contributed by atoms with Gasteiger partial charge in [-0.3, -0.25) is 0 Å². The van der Waals surface area contributed by atoms with Crippen molar-refractivity contribution < 1.29 is 4.39 Å². The molecule has 0 saturated heterocycles. The summed E-state index contributed by atoms with van der Waals surface area (Å²) in [4.78, 5) is 0. The van der Waals surface area contributed by atoms with Crippen LogP contribution in [0, 0.1) is 28.5 Å². The third kappa shape index (κ3) is 2.88. The first kappa shape index (κ1) is 12.6. The molecule has 0 aliphatic heterocycles. The maximum Gasteiger partial charge on any atom is 0.123 e. The standard InChI is InChI=1S/C15H10FN3/c16-14-6-4-11(5-7-14)10-19-15-12(8-17)2-1-3-13(15)9-18/h1-7,19H,10H2. The largest absolute Gasteiger partial charge is 0.379 e. The van der Waals surface area contributed by atoms with Gasteiger partial charge in [0.05, 0.1) is 16.8 Å². The van der Waals surface area contributed by atoms with Crippen LogP contribution >= 0.6 is 0 Å². The van der Waals surface area contributed by atoms with Gasteiger partial charge < -0.3 is 5.32 Å². The number of anilines is 1. The summed E-state index contributed by atoms with van der Waals surface area (Å²) in [6.07, 6.45) is 0. The normalized spacial score (nSPS) is 9.42. The minimum Gasteiger partial charge on any atom is -0.379 e. The Morgan fingerprint density at radius 2 is 1.53 bits per heavy atom. The van der Waals surface area contributed by atoms with E-state index in [0.717, 1.165) is 5.56 Å². The van der Waals surface area contributed by atoms with Crippen LogP contribution < -0.4 is 5.32 Å². The van der Waals surface area contributed by atoms with Crippen molar-refractivity contribution in [3.63, 3.8) is 0 Å². The predicted molar refractivity (Wildman–Crippen MR) is 69.6 cm³/mol. The number of nitrogens with zero attached hydrogens (tertiary/aromatic N) is 2. The highest BCUT2D eigenvalue weighted by molar-refractivity contribution is 5.66. The summed E-state index contributed by atoms with van der Waals surface area (Å²) in [7, 11) is 0. The number of hydrogen-bond acceptors (Lipinski definition) is 3. The molecule has 0 aliphatic rings. The van der Waals surface area contributed by atoms with Gasteiger partial charge in [-0.05, 0) is 29.8 Å². The average Bonchev–Trinajstić information content (AvgIpc) is 2.46. The van der Waals surface area contributed by atoms with E-state index in [1.807, 2.05) is 12.1 Å². The fourth-order valence-electron chi connectivity index (χ4n) is 1.72. The Balaban J connectivity index is 2.22. The molecule has 1 N–H and O–H groups in total. The molecule has 0 radical (unpaired) electrons. The number of nitrogens with one attached hydrogen (secondary N) is 1. The SMILES string of the molecule is N#Cc1cccc(C#N)c1NCc1ccc(F)cc1.